The molecule has 20 heavy (non-hydrogen) atoms. The fraction of sp³-hybridized carbons (Fsp3) is 0.0667. The van der Waals surface area contributed by atoms with Crippen LogP contribution in [0.4, 0.5) is 4.39 Å². The summed E-state index contributed by atoms with van der Waals surface area (Å²) in [4.78, 5) is 8.17. The van der Waals surface area contributed by atoms with Gasteiger partial charge in [-0.2, -0.15) is 4.98 Å². The van der Waals surface area contributed by atoms with Gasteiger partial charge in [0.25, 0.3) is 0 Å². The maximum atomic E-state index is 13.5. The molecule has 1 aromatic heterocycles. The van der Waals surface area contributed by atoms with Crippen molar-refractivity contribution in [2.45, 2.75) is 6.92 Å². The molecule has 0 saturated carbocycles. The Morgan fingerprint density at radius 2 is 1.90 bits per heavy atom. The van der Waals surface area contributed by atoms with E-state index in [4.69, 9.17) is 16.3 Å². The van der Waals surface area contributed by atoms with Crippen LogP contribution in [-0.4, -0.2) is 9.97 Å². The van der Waals surface area contributed by atoms with Crippen LogP contribution in [-0.2, 0) is 0 Å². The Kier molecular flexibility index (Phi) is 3.24. The van der Waals surface area contributed by atoms with Crippen LogP contribution in [0.3, 0.4) is 0 Å². The van der Waals surface area contributed by atoms with E-state index in [1.165, 1.54) is 6.07 Å². The van der Waals surface area contributed by atoms with Gasteiger partial charge in [0.05, 0.1) is 10.9 Å². The first kappa shape index (κ1) is 12.8. The van der Waals surface area contributed by atoms with Gasteiger partial charge in [0.15, 0.2) is 0 Å². The minimum atomic E-state index is -0.327. The van der Waals surface area contributed by atoms with E-state index in [0.717, 1.165) is 5.39 Å². The Hall–Kier alpha value is -2.20. The molecule has 0 N–H and O–H groups in total. The maximum absolute atomic E-state index is 13.5. The molecule has 2 aromatic carbocycles. The third-order valence-electron chi connectivity index (χ3n) is 2.90. The third-order valence-corrected chi connectivity index (χ3v) is 3.07. The summed E-state index contributed by atoms with van der Waals surface area (Å²) in [6.07, 6.45) is 0. The first-order valence-corrected chi connectivity index (χ1v) is 6.37. The number of ether oxygens (including phenoxy) is 1. The molecule has 0 aliphatic rings. The highest BCUT2D eigenvalue weighted by Gasteiger charge is 2.09. The van der Waals surface area contributed by atoms with Gasteiger partial charge in [-0.1, -0.05) is 18.2 Å². The summed E-state index contributed by atoms with van der Waals surface area (Å²) < 4.78 is 19.2. The van der Waals surface area contributed by atoms with Crippen molar-refractivity contribution in [2.75, 3.05) is 0 Å². The lowest BCUT2D eigenvalue weighted by Gasteiger charge is -2.08. The number of rotatable bonds is 2. The molecule has 0 amide bonds. The first-order chi connectivity index (χ1) is 9.63. The van der Waals surface area contributed by atoms with Gasteiger partial charge < -0.3 is 4.74 Å². The minimum Gasteiger partial charge on any atom is -0.438 e. The van der Waals surface area contributed by atoms with Crippen LogP contribution >= 0.6 is 11.6 Å². The summed E-state index contributed by atoms with van der Waals surface area (Å²) in [5.41, 5.74) is 1.23. The van der Waals surface area contributed by atoms with Gasteiger partial charge in [0.1, 0.15) is 11.6 Å². The molecule has 0 aliphatic carbocycles. The number of halogens is 2. The molecule has 0 aliphatic heterocycles. The molecule has 5 heteroatoms. The van der Waals surface area contributed by atoms with E-state index in [9.17, 15) is 4.39 Å². The number of nitrogens with zero attached hydrogens (tertiary/aromatic N) is 2. The SMILES string of the molecule is Cc1ccc(Oc2nc(Cl)nc3ccccc23)cc1F. The van der Waals surface area contributed by atoms with Crippen LogP contribution in [0.5, 0.6) is 11.6 Å². The molecule has 0 bridgehead atoms. The predicted molar refractivity (Wildman–Crippen MR) is 75.8 cm³/mol. The normalized spacial score (nSPS) is 10.8. The molecule has 1 heterocycles. The second-order valence-corrected chi connectivity index (χ2v) is 4.67. The lowest BCUT2D eigenvalue weighted by Crippen LogP contribution is -1.94. The first-order valence-electron chi connectivity index (χ1n) is 6.00. The highest BCUT2D eigenvalue weighted by atomic mass is 35.5. The number of fused-ring (bicyclic) bond motifs is 1. The standard InChI is InChI=1S/C15H10ClFN2O/c1-9-6-7-10(8-12(9)17)20-14-11-4-2-3-5-13(11)18-15(16)19-14/h2-8H,1H3. The second-order valence-electron chi connectivity index (χ2n) is 4.33. The summed E-state index contributed by atoms with van der Waals surface area (Å²) in [5, 5.41) is 0.809. The zero-order valence-electron chi connectivity index (χ0n) is 10.6. The summed E-state index contributed by atoms with van der Waals surface area (Å²) in [7, 11) is 0. The van der Waals surface area contributed by atoms with Gasteiger partial charge in [-0.15, -0.1) is 0 Å². The molecule has 3 rings (SSSR count). The molecular weight excluding hydrogens is 279 g/mol. The number of benzene rings is 2. The van der Waals surface area contributed by atoms with E-state index in [2.05, 4.69) is 9.97 Å². The molecule has 100 valence electrons. The Morgan fingerprint density at radius 3 is 2.70 bits per heavy atom. The van der Waals surface area contributed by atoms with Gasteiger partial charge in [-0.25, -0.2) is 9.37 Å². The van der Waals surface area contributed by atoms with Crippen LogP contribution in [0.25, 0.3) is 10.9 Å². The van der Waals surface area contributed by atoms with Gasteiger partial charge in [0, 0.05) is 6.07 Å². The average Bonchev–Trinajstić information content (AvgIpc) is 2.43. The maximum Gasteiger partial charge on any atom is 0.231 e. The van der Waals surface area contributed by atoms with Crippen LogP contribution in [0, 0.1) is 12.7 Å². The van der Waals surface area contributed by atoms with Crippen molar-refractivity contribution in [3.8, 4) is 11.6 Å². The zero-order chi connectivity index (χ0) is 14.1. The Balaban J connectivity index is 2.07. The van der Waals surface area contributed by atoms with Crippen molar-refractivity contribution in [3.63, 3.8) is 0 Å². The van der Waals surface area contributed by atoms with Crippen LogP contribution in [0.1, 0.15) is 5.56 Å². The van der Waals surface area contributed by atoms with E-state index >= 15 is 0 Å². The van der Waals surface area contributed by atoms with Crippen molar-refractivity contribution in [2.24, 2.45) is 0 Å². The highest BCUT2D eigenvalue weighted by Crippen LogP contribution is 2.29. The fourth-order valence-electron chi connectivity index (χ4n) is 1.85. The number of para-hydroxylation sites is 1. The fourth-order valence-corrected chi connectivity index (χ4v) is 2.01. The lowest BCUT2D eigenvalue weighted by atomic mass is 10.2. The second kappa shape index (κ2) is 5.06. The topological polar surface area (TPSA) is 35.0 Å². The van der Waals surface area contributed by atoms with Gasteiger partial charge in [0.2, 0.25) is 11.2 Å². The Labute approximate surface area is 120 Å². The summed E-state index contributed by atoms with van der Waals surface area (Å²) in [5.74, 6) is 0.351. The summed E-state index contributed by atoms with van der Waals surface area (Å²) in [6, 6.07) is 12.0. The molecular formula is C15H10ClFN2O. The van der Waals surface area contributed by atoms with Crippen molar-refractivity contribution in [1.29, 1.82) is 0 Å². The molecule has 3 aromatic rings. The quantitative estimate of drug-likeness (QED) is 0.650. The van der Waals surface area contributed by atoms with Crippen molar-refractivity contribution in [3.05, 3.63) is 59.1 Å². The van der Waals surface area contributed by atoms with Gasteiger partial charge in [-0.05, 0) is 42.3 Å². The molecule has 0 atom stereocenters. The molecule has 0 spiro atoms. The smallest absolute Gasteiger partial charge is 0.231 e. The van der Waals surface area contributed by atoms with Gasteiger partial charge in [-0.3, -0.25) is 0 Å². The van der Waals surface area contributed by atoms with E-state index in [-0.39, 0.29) is 11.1 Å². The van der Waals surface area contributed by atoms with Crippen LogP contribution < -0.4 is 4.74 Å². The Morgan fingerprint density at radius 1 is 1.10 bits per heavy atom. The lowest BCUT2D eigenvalue weighted by molar-refractivity contribution is 0.462. The predicted octanol–water partition coefficient (Wildman–Crippen LogP) is 4.52. The summed E-state index contributed by atoms with van der Waals surface area (Å²) >= 11 is 5.87. The van der Waals surface area contributed by atoms with Crippen molar-refractivity contribution < 1.29 is 9.13 Å². The minimum absolute atomic E-state index is 0.0892. The van der Waals surface area contributed by atoms with E-state index in [1.807, 2.05) is 24.3 Å². The number of hydrogen-bond acceptors (Lipinski definition) is 3. The van der Waals surface area contributed by atoms with E-state index < -0.39 is 0 Å². The van der Waals surface area contributed by atoms with E-state index in [1.54, 1.807) is 19.1 Å². The molecule has 3 nitrogen and oxygen atoms in total. The number of hydrogen-bond donors (Lipinski definition) is 0. The molecule has 0 fully saturated rings. The Bertz CT molecular complexity index is 792. The number of aryl methyl sites for hydroxylation is 1. The largest absolute Gasteiger partial charge is 0.438 e. The van der Waals surface area contributed by atoms with Crippen LogP contribution in [0.2, 0.25) is 5.28 Å². The van der Waals surface area contributed by atoms with Crippen molar-refractivity contribution in [1.82, 2.24) is 9.97 Å². The zero-order valence-corrected chi connectivity index (χ0v) is 11.4. The molecule has 0 radical (unpaired) electrons. The summed E-state index contributed by atoms with van der Waals surface area (Å²) in [6.45, 7) is 1.69. The monoisotopic (exact) mass is 288 g/mol. The van der Waals surface area contributed by atoms with E-state index in [0.29, 0.717) is 22.7 Å². The van der Waals surface area contributed by atoms with Crippen molar-refractivity contribution >= 4 is 22.5 Å². The average molecular weight is 289 g/mol. The third kappa shape index (κ3) is 2.42. The number of aromatic nitrogens is 2. The van der Waals surface area contributed by atoms with Gasteiger partial charge >= 0.3 is 0 Å². The molecule has 0 unspecified atom stereocenters. The molecule has 0 saturated heterocycles. The highest BCUT2D eigenvalue weighted by molar-refractivity contribution is 6.28. The van der Waals surface area contributed by atoms with Crippen LogP contribution in [0.15, 0.2) is 42.5 Å².